The lowest BCUT2D eigenvalue weighted by molar-refractivity contribution is -0.138. The van der Waals surface area contributed by atoms with Crippen LogP contribution in [0.15, 0.2) is 66.1 Å². The van der Waals surface area contributed by atoms with Gasteiger partial charge < -0.3 is 9.84 Å². The van der Waals surface area contributed by atoms with Crippen LogP contribution in [0.4, 0.5) is 13.2 Å². The van der Waals surface area contributed by atoms with E-state index in [2.05, 4.69) is 10.1 Å². The summed E-state index contributed by atoms with van der Waals surface area (Å²) in [5.74, 6) is 0.406. The lowest BCUT2D eigenvalue weighted by Crippen LogP contribution is -2.54. The van der Waals surface area contributed by atoms with Crippen LogP contribution < -0.4 is 4.74 Å². The smallest absolute Gasteiger partial charge is 0.416 e. The number of aromatic nitrogens is 3. The Morgan fingerprint density at radius 2 is 1.61 bits per heavy atom. The van der Waals surface area contributed by atoms with Crippen LogP contribution in [0.3, 0.4) is 0 Å². The summed E-state index contributed by atoms with van der Waals surface area (Å²) >= 11 is 0. The van der Waals surface area contributed by atoms with Gasteiger partial charge in [-0.15, -0.1) is 0 Å². The van der Waals surface area contributed by atoms with E-state index in [4.69, 9.17) is 4.74 Å². The number of alkyl halides is 3. The summed E-state index contributed by atoms with van der Waals surface area (Å²) in [6.45, 7) is 3.16. The van der Waals surface area contributed by atoms with Gasteiger partial charge in [-0.2, -0.15) is 18.3 Å². The average molecular weight is 453 g/mol. The molecule has 6 nitrogen and oxygen atoms in total. The van der Waals surface area contributed by atoms with Gasteiger partial charge in [-0.25, -0.2) is 9.67 Å². The molecule has 0 saturated carbocycles. The van der Waals surface area contributed by atoms with Crippen molar-refractivity contribution in [2.75, 3.05) is 6.26 Å². The van der Waals surface area contributed by atoms with Gasteiger partial charge in [0.2, 0.25) is 0 Å². The SMILES string of the molecule is CS(=O)c1ccc(OC(C)(C)C(O)(Cn2cncn2)c2ccc(C(F)(F)F)cc2)cc1. The zero-order valence-corrected chi connectivity index (χ0v) is 17.9. The van der Waals surface area contributed by atoms with Crippen molar-refractivity contribution in [3.63, 3.8) is 0 Å². The van der Waals surface area contributed by atoms with Crippen molar-refractivity contribution in [1.29, 1.82) is 0 Å². The first-order valence-corrected chi connectivity index (χ1v) is 10.8. The second kappa shape index (κ2) is 8.43. The molecule has 1 N–H and O–H groups in total. The minimum absolute atomic E-state index is 0.109. The van der Waals surface area contributed by atoms with Crippen LogP contribution >= 0.6 is 0 Å². The summed E-state index contributed by atoms with van der Waals surface area (Å²) in [7, 11) is -1.15. The first-order valence-electron chi connectivity index (χ1n) is 9.27. The molecule has 1 aromatic heterocycles. The number of aliphatic hydroxyl groups is 1. The van der Waals surface area contributed by atoms with Crippen LogP contribution in [0.25, 0.3) is 0 Å². The third-order valence-corrected chi connectivity index (χ3v) is 6.01. The molecule has 0 amide bonds. The third kappa shape index (κ3) is 4.96. The highest BCUT2D eigenvalue weighted by molar-refractivity contribution is 7.84. The van der Waals surface area contributed by atoms with Crippen LogP contribution in [0.1, 0.15) is 25.0 Å². The van der Waals surface area contributed by atoms with Crippen molar-refractivity contribution in [2.24, 2.45) is 0 Å². The van der Waals surface area contributed by atoms with Crippen molar-refractivity contribution in [3.8, 4) is 5.75 Å². The summed E-state index contributed by atoms with van der Waals surface area (Å²) in [6.07, 6.45) is -0.238. The minimum Gasteiger partial charge on any atom is -0.484 e. The fourth-order valence-corrected chi connectivity index (χ4v) is 3.71. The molecule has 10 heteroatoms. The summed E-state index contributed by atoms with van der Waals surface area (Å²) in [5.41, 5.74) is -3.66. The number of nitrogens with zero attached hydrogens (tertiary/aromatic N) is 3. The maximum Gasteiger partial charge on any atom is 0.416 e. The highest BCUT2D eigenvalue weighted by Crippen LogP contribution is 2.39. The predicted molar refractivity (Wildman–Crippen MR) is 109 cm³/mol. The zero-order valence-electron chi connectivity index (χ0n) is 17.1. The fourth-order valence-electron chi connectivity index (χ4n) is 3.19. The number of benzene rings is 2. The minimum atomic E-state index is -4.49. The zero-order chi connectivity index (χ0) is 22.9. The van der Waals surface area contributed by atoms with E-state index < -0.39 is 33.7 Å². The van der Waals surface area contributed by atoms with Gasteiger partial charge in [0.1, 0.15) is 29.6 Å². The predicted octanol–water partition coefficient (Wildman–Crippen LogP) is 3.78. The van der Waals surface area contributed by atoms with E-state index in [9.17, 15) is 22.5 Å². The van der Waals surface area contributed by atoms with E-state index in [0.717, 1.165) is 12.1 Å². The van der Waals surface area contributed by atoms with Gasteiger partial charge in [0.05, 0.1) is 12.1 Å². The normalized spacial score (nSPS) is 15.3. The number of rotatable bonds is 7. The van der Waals surface area contributed by atoms with Crippen LogP contribution in [0.5, 0.6) is 5.75 Å². The Morgan fingerprint density at radius 3 is 2.10 bits per heavy atom. The van der Waals surface area contributed by atoms with E-state index in [-0.39, 0.29) is 12.1 Å². The van der Waals surface area contributed by atoms with Crippen LogP contribution in [-0.2, 0) is 29.1 Å². The molecule has 166 valence electrons. The van der Waals surface area contributed by atoms with Crippen LogP contribution in [0.2, 0.25) is 0 Å². The van der Waals surface area contributed by atoms with E-state index >= 15 is 0 Å². The van der Waals surface area contributed by atoms with Crippen molar-refractivity contribution >= 4 is 10.8 Å². The topological polar surface area (TPSA) is 77.2 Å². The van der Waals surface area contributed by atoms with E-state index in [1.807, 2.05) is 0 Å². The monoisotopic (exact) mass is 453 g/mol. The molecule has 0 aliphatic heterocycles. The molecular formula is C21H22F3N3O3S. The Labute approximate surface area is 180 Å². The van der Waals surface area contributed by atoms with Gasteiger partial charge in [-0.1, -0.05) is 12.1 Å². The average Bonchev–Trinajstić information content (AvgIpc) is 3.20. The van der Waals surface area contributed by atoms with E-state index in [1.54, 1.807) is 44.4 Å². The molecule has 2 unspecified atom stereocenters. The highest BCUT2D eigenvalue weighted by Gasteiger charge is 2.48. The second-order valence-electron chi connectivity index (χ2n) is 7.57. The lowest BCUT2D eigenvalue weighted by Gasteiger charge is -2.43. The number of ether oxygens (including phenoxy) is 1. The molecule has 1 heterocycles. The summed E-state index contributed by atoms with van der Waals surface area (Å²) in [6, 6.07) is 10.9. The summed E-state index contributed by atoms with van der Waals surface area (Å²) in [5, 5.41) is 15.7. The first kappa shape index (κ1) is 23.0. The van der Waals surface area contributed by atoms with Gasteiger partial charge in [-0.05, 0) is 55.8 Å². The molecule has 0 aliphatic rings. The Morgan fingerprint density at radius 1 is 1.03 bits per heavy atom. The van der Waals surface area contributed by atoms with Crippen molar-refractivity contribution in [3.05, 3.63) is 72.3 Å². The lowest BCUT2D eigenvalue weighted by atomic mass is 9.79. The van der Waals surface area contributed by atoms with Gasteiger partial charge in [0.25, 0.3) is 0 Å². The molecule has 2 aromatic carbocycles. The molecule has 31 heavy (non-hydrogen) atoms. The van der Waals surface area contributed by atoms with Crippen LogP contribution in [0, 0.1) is 0 Å². The Bertz CT molecular complexity index is 1040. The fraction of sp³-hybridized carbons (Fsp3) is 0.333. The summed E-state index contributed by atoms with van der Waals surface area (Å²) in [4.78, 5) is 4.48. The van der Waals surface area contributed by atoms with Gasteiger partial charge >= 0.3 is 6.18 Å². The van der Waals surface area contributed by atoms with Crippen LogP contribution in [-0.4, -0.2) is 35.9 Å². The van der Waals surface area contributed by atoms with E-state index in [1.165, 1.54) is 29.5 Å². The Balaban J connectivity index is 1.99. The molecule has 0 bridgehead atoms. The molecule has 2 atom stereocenters. The maximum atomic E-state index is 13.0. The van der Waals surface area contributed by atoms with Gasteiger partial charge in [0.15, 0.2) is 0 Å². The van der Waals surface area contributed by atoms with Crippen molar-refractivity contribution in [2.45, 2.75) is 42.7 Å². The Hall–Kier alpha value is -2.72. The molecular weight excluding hydrogens is 431 g/mol. The number of halogens is 3. The van der Waals surface area contributed by atoms with Gasteiger partial charge in [0, 0.05) is 22.0 Å². The first-order chi connectivity index (χ1) is 14.4. The molecule has 3 aromatic rings. The molecule has 0 saturated heterocycles. The summed E-state index contributed by atoms with van der Waals surface area (Å²) < 4.78 is 58.0. The number of hydrogen-bond acceptors (Lipinski definition) is 5. The number of hydrogen-bond donors (Lipinski definition) is 1. The molecule has 0 aliphatic carbocycles. The molecule has 0 radical (unpaired) electrons. The Kier molecular flexibility index (Phi) is 6.24. The van der Waals surface area contributed by atoms with E-state index in [0.29, 0.717) is 10.6 Å². The standard InChI is InChI=1S/C21H22F3N3O3S/c1-19(2,30-17-8-10-18(11-9-17)31(3)29)20(28,12-27-14-25-13-26-27)15-4-6-16(7-5-15)21(22,23)24/h4-11,13-14,28H,12H2,1-3H3. The largest absolute Gasteiger partial charge is 0.484 e. The third-order valence-electron chi connectivity index (χ3n) is 5.07. The molecule has 3 rings (SSSR count). The maximum absolute atomic E-state index is 13.0. The quantitative estimate of drug-likeness (QED) is 0.589. The molecule has 0 spiro atoms. The second-order valence-corrected chi connectivity index (χ2v) is 8.95. The molecule has 0 fully saturated rings. The van der Waals surface area contributed by atoms with Crippen molar-refractivity contribution < 1.29 is 27.2 Å². The highest BCUT2D eigenvalue weighted by atomic mass is 32.2. The van der Waals surface area contributed by atoms with Crippen molar-refractivity contribution in [1.82, 2.24) is 14.8 Å². The van der Waals surface area contributed by atoms with Gasteiger partial charge in [-0.3, -0.25) is 4.21 Å².